The zero-order valence-corrected chi connectivity index (χ0v) is 19.4. The molecule has 1 heterocycles. The maximum Gasteiger partial charge on any atom is 0.331 e. The Bertz CT molecular complexity index is 1420. The summed E-state index contributed by atoms with van der Waals surface area (Å²) >= 11 is 0. The van der Waals surface area contributed by atoms with Crippen LogP contribution in [0.5, 0.6) is 0 Å². The molecule has 178 valence electrons. The Morgan fingerprint density at radius 2 is 1.57 bits per heavy atom. The van der Waals surface area contributed by atoms with Crippen molar-refractivity contribution in [2.45, 2.75) is 17.9 Å². The molecule has 0 spiro atoms. The molecule has 1 aliphatic rings. The van der Waals surface area contributed by atoms with Gasteiger partial charge in [0.15, 0.2) is 12.4 Å². The van der Waals surface area contributed by atoms with Crippen LogP contribution in [-0.4, -0.2) is 44.6 Å². The van der Waals surface area contributed by atoms with Crippen LogP contribution >= 0.6 is 0 Å². The lowest BCUT2D eigenvalue weighted by molar-refractivity contribution is -0.143. The number of carbonyl (C=O) groups is 3. The van der Waals surface area contributed by atoms with Crippen LogP contribution in [0, 0.1) is 0 Å². The topological polar surface area (TPSA) is 131 Å². The quantitative estimate of drug-likeness (QED) is 0.386. The number of hydrogen-bond acceptors (Lipinski definition) is 7. The van der Waals surface area contributed by atoms with E-state index in [4.69, 9.17) is 4.74 Å². The number of benzene rings is 3. The molecular formula is C25H21N3O6S. The summed E-state index contributed by atoms with van der Waals surface area (Å²) in [6.07, 6.45) is 0. The number of ketones is 1. The third kappa shape index (κ3) is 5.44. The molecule has 3 aromatic rings. The summed E-state index contributed by atoms with van der Waals surface area (Å²) in [4.78, 5) is 41.2. The van der Waals surface area contributed by atoms with Crippen molar-refractivity contribution in [1.29, 1.82) is 0 Å². The number of ether oxygens (including phenoxy) is 1. The Hall–Kier alpha value is -4.31. The van der Waals surface area contributed by atoms with E-state index in [0.717, 1.165) is 0 Å². The number of carbonyl (C=O) groups excluding carboxylic acids is 3. The number of nitrogens with zero attached hydrogens (tertiary/aromatic N) is 1. The van der Waals surface area contributed by atoms with Gasteiger partial charge in [-0.1, -0.05) is 30.3 Å². The highest BCUT2D eigenvalue weighted by molar-refractivity contribution is 7.90. The molecule has 0 saturated carbocycles. The van der Waals surface area contributed by atoms with Gasteiger partial charge in [-0.05, 0) is 55.5 Å². The second kappa shape index (κ2) is 9.90. The highest BCUT2D eigenvalue weighted by Crippen LogP contribution is 2.22. The minimum Gasteiger partial charge on any atom is -0.456 e. The molecule has 0 aliphatic carbocycles. The molecule has 0 saturated heterocycles. The molecule has 2 N–H and O–H groups in total. The molecule has 1 aliphatic heterocycles. The number of aliphatic imine (C=N–C) groups is 1. The van der Waals surface area contributed by atoms with Gasteiger partial charge < -0.3 is 10.1 Å². The second-order valence-electron chi connectivity index (χ2n) is 7.68. The average molecular weight is 492 g/mol. The van der Waals surface area contributed by atoms with Gasteiger partial charge in [-0.25, -0.2) is 13.2 Å². The normalized spacial score (nSPS) is 15.5. The monoisotopic (exact) mass is 491 g/mol. The molecule has 4 rings (SSSR count). The Balaban J connectivity index is 1.33. The van der Waals surface area contributed by atoms with Crippen LogP contribution in [0.1, 0.15) is 33.2 Å². The van der Waals surface area contributed by atoms with Crippen molar-refractivity contribution in [3.63, 3.8) is 0 Å². The Morgan fingerprint density at radius 1 is 0.914 bits per heavy atom. The number of sulfonamides is 1. The molecule has 9 nitrogen and oxygen atoms in total. The summed E-state index contributed by atoms with van der Waals surface area (Å²) in [5, 5.41) is 2.74. The molecule has 3 aromatic carbocycles. The third-order valence-electron chi connectivity index (χ3n) is 5.17. The van der Waals surface area contributed by atoms with Gasteiger partial charge in [-0.15, -0.1) is 0 Å². The Morgan fingerprint density at radius 3 is 2.29 bits per heavy atom. The maximum atomic E-state index is 12.4. The number of fused-ring (bicyclic) bond motifs is 1. The van der Waals surface area contributed by atoms with Gasteiger partial charge in [-0.2, -0.15) is 0 Å². The first-order valence-electron chi connectivity index (χ1n) is 10.6. The highest BCUT2D eigenvalue weighted by Gasteiger charge is 2.31. The summed E-state index contributed by atoms with van der Waals surface area (Å²) in [6, 6.07) is 20.1. The largest absolute Gasteiger partial charge is 0.456 e. The van der Waals surface area contributed by atoms with E-state index in [9.17, 15) is 22.8 Å². The first kappa shape index (κ1) is 23.8. The van der Waals surface area contributed by atoms with Crippen molar-refractivity contribution in [2.24, 2.45) is 4.99 Å². The predicted octanol–water partition coefficient (Wildman–Crippen LogP) is 2.79. The number of Topliss-reactive ketones (excluding diaryl/α,β-unsaturated/α-hetero) is 1. The van der Waals surface area contributed by atoms with Gasteiger partial charge in [0.05, 0.1) is 4.90 Å². The average Bonchev–Trinajstić information content (AvgIpc) is 3.12. The van der Waals surface area contributed by atoms with E-state index in [0.29, 0.717) is 22.4 Å². The molecule has 1 atom stereocenters. The Kier molecular flexibility index (Phi) is 6.74. The summed E-state index contributed by atoms with van der Waals surface area (Å²) in [7, 11) is -3.73. The summed E-state index contributed by atoms with van der Waals surface area (Å²) < 4.78 is 31.7. The van der Waals surface area contributed by atoms with Crippen LogP contribution in [0.3, 0.4) is 0 Å². The predicted molar refractivity (Wildman–Crippen MR) is 129 cm³/mol. The van der Waals surface area contributed by atoms with Gasteiger partial charge >= 0.3 is 5.97 Å². The number of esters is 1. The first-order chi connectivity index (χ1) is 16.7. The summed E-state index contributed by atoms with van der Waals surface area (Å²) in [5.41, 5.74) is 1.68. The number of nitrogens with one attached hydrogen (secondary N) is 2. The number of rotatable bonds is 7. The molecule has 0 bridgehead atoms. The minimum absolute atomic E-state index is 0.0458. The van der Waals surface area contributed by atoms with Crippen LogP contribution in [0.15, 0.2) is 88.8 Å². The SMILES string of the molecule is C[C@H](N=C1NS(=O)(=O)c2ccccc21)C(=O)OCC(=O)c1ccc(NC(=O)c2ccccc2)cc1. The highest BCUT2D eigenvalue weighted by atomic mass is 32.2. The molecular weight excluding hydrogens is 470 g/mol. The number of hydrogen-bond donors (Lipinski definition) is 2. The standard InChI is InChI=1S/C25H21N3O6S/c1-16(26-23-20-9-5-6-10-22(20)35(32,33)28-23)25(31)34-15-21(29)17-11-13-19(14-12-17)27-24(30)18-7-3-2-4-8-18/h2-14,16H,15H2,1H3,(H,26,28)(H,27,30)/t16-/m0/s1. The molecule has 0 fully saturated rings. The van der Waals surface area contributed by atoms with Crippen LogP contribution in [0.4, 0.5) is 5.69 Å². The second-order valence-corrected chi connectivity index (χ2v) is 9.33. The zero-order valence-electron chi connectivity index (χ0n) is 18.6. The molecule has 0 unspecified atom stereocenters. The minimum atomic E-state index is -3.73. The van der Waals surface area contributed by atoms with E-state index < -0.39 is 34.4 Å². The molecule has 0 radical (unpaired) electrons. The van der Waals surface area contributed by atoms with Crippen LogP contribution in [0.25, 0.3) is 0 Å². The number of amidine groups is 1. The lowest BCUT2D eigenvalue weighted by Crippen LogP contribution is -2.27. The van der Waals surface area contributed by atoms with Crippen LogP contribution < -0.4 is 10.0 Å². The fourth-order valence-electron chi connectivity index (χ4n) is 3.35. The summed E-state index contributed by atoms with van der Waals surface area (Å²) in [6.45, 7) is 0.936. The third-order valence-corrected chi connectivity index (χ3v) is 6.57. The van der Waals surface area contributed by atoms with Gasteiger partial charge in [0.2, 0.25) is 0 Å². The van der Waals surface area contributed by atoms with Gasteiger partial charge in [0, 0.05) is 22.4 Å². The fourth-order valence-corrected chi connectivity index (χ4v) is 4.59. The zero-order chi connectivity index (χ0) is 25.0. The van der Waals surface area contributed by atoms with Crippen LogP contribution in [0.2, 0.25) is 0 Å². The molecule has 35 heavy (non-hydrogen) atoms. The van der Waals surface area contributed by atoms with E-state index in [1.165, 1.54) is 25.1 Å². The smallest absolute Gasteiger partial charge is 0.331 e. The lowest BCUT2D eigenvalue weighted by atomic mass is 10.1. The van der Waals surface area contributed by atoms with Crippen molar-refractivity contribution in [2.75, 3.05) is 11.9 Å². The van der Waals surface area contributed by atoms with E-state index in [-0.39, 0.29) is 16.6 Å². The molecule has 1 amide bonds. The maximum absolute atomic E-state index is 12.4. The van der Waals surface area contributed by atoms with Gasteiger partial charge in [0.25, 0.3) is 15.9 Å². The Labute approximate surface area is 201 Å². The van der Waals surface area contributed by atoms with E-state index in [1.807, 2.05) is 6.07 Å². The fraction of sp³-hybridized carbons (Fsp3) is 0.120. The van der Waals surface area contributed by atoms with Crippen molar-refractivity contribution >= 4 is 39.2 Å². The first-order valence-corrected chi connectivity index (χ1v) is 12.1. The van der Waals surface area contributed by atoms with Crippen molar-refractivity contribution in [1.82, 2.24) is 4.72 Å². The number of amides is 1. The van der Waals surface area contributed by atoms with E-state index in [1.54, 1.807) is 54.6 Å². The van der Waals surface area contributed by atoms with Gasteiger partial charge in [-0.3, -0.25) is 19.3 Å². The van der Waals surface area contributed by atoms with Crippen LogP contribution in [-0.2, 0) is 19.6 Å². The number of anilines is 1. The molecule has 0 aromatic heterocycles. The van der Waals surface area contributed by atoms with Gasteiger partial charge in [0.1, 0.15) is 11.9 Å². The summed E-state index contributed by atoms with van der Waals surface area (Å²) in [5.74, 6) is -1.45. The van der Waals surface area contributed by atoms with Crippen molar-refractivity contribution < 1.29 is 27.5 Å². The van der Waals surface area contributed by atoms with Crippen molar-refractivity contribution in [3.8, 4) is 0 Å². The lowest BCUT2D eigenvalue weighted by Gasteiger charge is -2.09. The van der Waals surface area contributed by atoms with E-state index in [2.05, 4.69) is 15.0 Å². The van der Waals surface area contributed by atoms with Crippen molar-refractivity contribution in [3.05, 3.63) is 95.6 Å². The van der Waals surface area contributed by atoms with E-state index >= 15 is 0 Å². The molecule has 10 heteroatoms.